The molecular weight excluding hydrogens is 302 g/mol. The van der Waals surface area contributed by atoms with Crippen molar-refractivity contribution in [1.82, 2.24) is 29.7 Å². The number of hydrogen-bond acceptors (Lipinski definition) is 7. The van der Waals surface area contributed by atoms with E-state index in [-0.39, 0.29) is 11.7 Å². The van der Waals surface area contributed by atoms with Crippen molar-refractivity contribution in [2.24, 2.45) is 0 Å². The second-order valence-corrected chi connectivity index (χ2v) is 6.32. The molecule has 9 heteroatoms. The van der Waals surface area contributed by atoms with Crippen molar-refractivity contribution >= 4 is 26.9 Å². The summed E-state index contributed by atoms with van der Waals surface area (Å²) in [6, 6.07) is 0.152. The first-order chi connectivity index (χ1) is 10.7. The van der Waals surface area contributed by atoms with Gasteiger partial charge in [-0.1, -0.05) is 11.3 Å². The fraction of sp³-hybridized carbons (Fsp3) is 0.462. The molecule has 0 amide bonds. The molecule has 0 aliphatic carbocycles. The van der Waals surface area contributed by atoms with Crippen LogP contribution in [-0.4, -0.2) is 42.8 Å². The number of nitrogens with one attached hydrogen (secondary N) is 1. The van der Waals surface area contributed by atoms with Gasteiger partial charge in [0.2, 0.25) is 0 Å². The van der Waals surface area contributed by atoms with E-state index >= 15 is 0 Å². The van der Waals surface area contributed by atoms with Gasteiger partial charge in [-0.15, -0.1) is 0 Å². The molecule has 114 valence electrons. The zero-order valence-corrected chi connectivity index (χ0v) is 12.9. The van der Waals surface area contributed by atoms with E-state index in [9.17, 15) is 4.79 Å². The Labute approximate surface area is 129 Å². The van der Waals surface area contributed by atoms with Crippen LogP contribution in [0.1, 0.15) is 24.7 Å². The van der Waals surface area contributed by atoms with Crippen LogP contribution in [0.4, 0.5) is 5.13 Å². The van der Waals surface area contributed by atoms with Crippen LogP contribution in [0.5, 0.6) is 0 Å². The van der Waals surface area contributed by atoms with E-state index in [1.54, 1.807) is 35.3 Å². The molecule has 8 nitrogen and oxygen atoms in total. The Hall–Kier alpha value is -2.29. The third-order valence-electron chi connectivity index (χ3n) is 3.87. The maximum atomic E-state index is 11.8. The van der Waals surface area contributed by atoms with Crippen molar-refractivity contribution in [2.75, 3.05) is 18.0 Å². The van der Waals surface area contributed by atoms with Gasteiger partial charge in [0.05, 0.1) is 6.04 Å². The van der Waals surface area contributed by atoms with Crippen molar-refractivity contribution in [1.29, 1.82) is 0 Å². The maximum Gasteiger partial charge on any atom is 0.343 e. The minimum atomic E-state index is -0.121. The van der Waals surface area contributed by atoms with E-state index in [4.69, 9.17) is 0 Å². The van der Waals surface area contributed by atoms with Crippen molar-refractivity contribution in [3.63, 3.8) is 0 Å². The molecule has 1 aliphatic rings. The van der Waals surface area contributed by atoms with Gasteiger partial charge in [0.15, 0.2) is 15.6 Å². The quantitative estimate of drug-likeness (QED) is 0.761. The van der Waals surface area contributed by atoms with Crippen LogP contribution >= 0.6 is 11.3 Å². The number of aromatic amines is 1. The van der Waals surface area contributed by atoms with Crippen LogP contribution in [0.2, 0.25) is 0 Å². The van der Waals surface area contributed by atoms with Gasteiger partial charge in [0.1, 0.15) is 5.82 Å². The lowest BCUT2D eigenvalue weighted by molar-refractivity contribution is 0.357. The minimum absolute atomic E-state index is 0.121. The van der Waals surface area contributed by atoms with Gasteiger partial charge >= 0.3 is 5.69 Å². The van der Waals surface area contributed by atoms with E-state index in [1.807, 2.05) is 0 Å². The molecule has 4 heterocycles. The Kier molecular flexibility index (Phi) is 3.14. The van der Waals surface area contributed by atoms with Crippen molar-refractivity contribution < 1.29 is 0 Å². The molecule has 0 radical (unpaired) electrons. The molecule has 0 atom stereocenters. The standard InChI is InChI=1S/C13H15N7OS/c1-8-16-12(21)20(18-8)9-2-6-19(7-3-9)13-17-10-11(22-13)15-5-4-14-10/h4-5,9H,2-3,6-7H2,1H3,(H,16,18,21). The molecule has 0 spiro atoms. The van der Waals surface area contributed by atoms with Crippen molar-refractivity contribution in [2.45, 2.75) is 25.8 Å². The summed E-state index contributed by atoms with van der Waals surface area (Å²) in [4.78, 5) is 30.7. The zero-order valence-electron chi connectivity index (χ0n) is 12.1. The average molecular weight is 317 g/mol. The normalized spacial score (nSPS) is 16.5. The lowest BCUT2D eigenvalue weighted by atomic mass is 10.1. The Morgan fingerprint density at radius 1 is 1.27 bits per heavy atom. The lowest BCUT2D eigenvalue weighted by Crippen LogP contribution is -2.37. The number of anilines is 1. The Balaban J connectivity index is 1.51. The third kappa shape index (κ3) is 2.27. The predicted molar refractivity (Wildman–Crippen MR) is 83.3 cm³/mol. The summed E-state index contributed by atoms with van der Waals surface area (Å²) < 4.78 is 1.58. The van der Waals surface area contributed by atoms with Crippen molar-refractivity contribution in [3.8, 4) is 0 Å². The maximum absolute atomic E-state index is 11.8. The summed E-state index contributed by atoms with van der Waals surface area (Å²) in [6.45, 7) is 3.50. The molecule has 1 aliphatic heterocycles. The van der Waals surface area contributed by atoms with Gasteiger partial charge in [0.25, 0.3) is 0 Å². The third-order valence-corrected chi connectivity index (χ3v) is 4.88. The molecule has 3 aromatic rings. The topological polar surface area (TPSA) is 92.6 Å². The molecule has 0 unspecified atom stereocenters. The summed E-state index contributed by atoms with van der Waals surface area (Å²) >= 11 is 1.56. The van der Waals surface area contributed by atoms with Crippen LogP contribution in [0.15, 0.2) is 17.2 Å². The number of piperidine rings is 1. The average Bonchev–Trinajstić information content (AvgIpc) is 3.10. The highest BCUT2D eigenvalue weighted by Crippen LogP contribution is 2.30. The van der Waals surface area contributed by atoms with Gasteiger partial charge in [-0.3, -0.25) is 4.98 Å². The summed E-state index contributed by atoms with van der Waals surface area (Å²) in [5.41, 5.74) is 0.577. The number of rotatable bonds is 2. The summed E-state index contributed by atoms with van der Waals surface area (Å²) in [6.07, 6.45) is 5.09. The highest BCUT2D eigenvalue weighted by Gasteiger charge is 2.25. The number of fused-ring (bicyclic) bond motifs is 1. The molecule has 0 bridgehead atoms. The largest absolute Gasteiger partial charge is 0.348 e. The Bertz CT molecular complexity index is 826. The molecule has 3 aromatic heterocycles. The van der Waals surface area contributed by atoms with Crippen LogP contribution in [0.25, 0.3) is 10.5 Å². The first-order valence-electron chi connectivity index (χ1n) is 7.18. The van der Waals surface area contributed by atoms with Crippen LogP contribution < -0.4 is 10.6 Å². The molecule has 4 rings (SSSR count). The van der Waals surface area contributed by atoms with Crippen LogP contribution in [0, 0.1) is 6.92 Å². The van der Waals surface area contributed by atoms with E-state index in [0.717, 1.165) is 35.9 Å². The van der Waals surface area contributed by atoms with E-state index in [0.29, 0.717) is 11.5 Å². The molecule has 1 saturated heterocycles. The second kappa shape index (κ2) is 5.16. The number of aryl methyl sites for hydroxylation is 1. The van der Waals surface area contributed by atoms with E-state index in [1.165, 1.54) is 0 Å². The lowest BCUT2D eigenvalue weighted by Gasteiger charge is -2.31. The van der Waals surface area contributed by atoms with Crippen molar-refractivity contribution in [3.05, 3.63) is 28.7 Å². The summed E-state index contributed by atoms with van der Waals surface area (Å²) in [7, 11) is 0. The molecule has 0 aromatic carbocycles. The van der Waals surface area contributed by atoms with Gasteiger partial charge in [0, 0.05) is 25.5 Å². The number of H-pyrrole nitrogens is 1. The fourth-order valence-corrected chi connectivity index (χ4v) is 3.71. The number of thiazole rings is 1. The monoisotopic (exact) mass is 317 g/mol. The minimum Gasteiger partial charge on any atom is -0.348 e. The number of hydrogen-bond donors (Lipinski definition) is 1. The molecule has 22 heavy (non-hydrogen) atoms. The molecule has 1 N–H and O–H groups in total. The predicted octanol–water partition coefficient (Wildman–Crippen LogP) is 1.12. The van der Waals surface area contributed by atoms with Crippen LogP contribution in [0.3, 0.4) is 0 Å². The van der Waals surface area contributed by atoms with Gasteiger partial charge in [-0.05, 0) is 19.8 Å². The van der Waals surface area contributed by atoms with E-state index in [2.05, 4.69) is 29.9 Å². The smallest absolute Gasteiger partial charge is 0.343 e. The number of aromatic nitrogens is 6. The number of nitrogens with zero attached hydrogens (tertiary/aromatic N) is 6. The highest BCUT2D eigenvalue weighted by molar-refractivity contribution is 7.21. The Morgan fingerprint density at radius 2 is 2.05 bits per heavy atom. The highest BCUT2D eigenvalue weighted by atomic mass is 32.1. The first-order valence-corrected chi connectivity index (χ1v) is 8.00. The van der Waals surface area contributed by atoms with Gasteiger partial charge in [-0.25, -0.2) is 19.4 Å². The molecular formula is C13H15N7OS. The SMILES string of the molecule is Cc1nn(C2CCN(c3nc4nccnc4s3)CC2)c(=O)[nH]1. The van der Waals surface area contributed by atoms with Gasteiger partial charge < -0.3 is 4.90 Å². The Morgan fingerprint density at radius 3 is 2.73 bits per heavy atom. The second-order valence-electron chi connectivity index (χ2n) is 5.36. The fourth-order valence-electron chi connectivity index (χ4n) is 2.79. The first kappa shape index (κ1) is 13.4. The summed E-state index contributed by atoms with van der Waals surface area (Å²) in [5.74, 6) is 0.663. The van der Waals surface area contributed by atoms with Gasteiger partial charge in [-0.2, -0.15) is 10.1 Å². The van der Waals surface area contributed by atoms with Crippen LogP contribution in [-0.2, 0) is 0 Å². The molecule has 0 saturated carbocycles. The van der Waals surface area contributed by atoms with E-state index < -0.39 is 0 Å². The zero-order chi connectivity index (χ0) is 15.1. The summed E-state index contributed by atoms with van der Waals surface area (Å²) in [5, 5.41) is 5.21. The molecule has 1 fully saturated rings.